The first-order valence-corrected chi connectivity index (χ1v) is 5.56. The quantitative estimate of drug-likeness (QED) is 0.581. The molecule has 0 radical (unpaired) electrons. The van der Waals surface area contributed by atoms with Crippen molar-refractivity contribution in [3.05, 3.63) is 0 Å². The van der Waals surface area contributed by atoms with Crippen molar-refractivity contribution >= 4 is 0 Å². The molecular weight excluding hydrogens is 146 g/mol. The van der Waals surface area contributed by atoms with Gasteiger partial charge in [0.05, 0.1) is 0 Å². The Bertz CT molecular complexity index is 354. The van der Waals surface area contributed by atoms with Crippen molar-refractivity contribution in [2.75, 3.05) is 13.6 Å². The molecule has 0 bridgehead atoms. The number of fused-ring (bicyclic) bond motifs is 10. The maximum absolute atomic E-state index is 3.46. The number of nitrogens with one attached hydrogen (secondary N) is 1. The van der Waals surface area contributed by atoms with E-state index in [9.17, 15) is 0 Å². The molecule has 5 aliphatic rings. The lowest BCUT2D eigenvalue weighted by atomic mass is 9.34. The van der Waals surface area contributed by atoms with Crippen molar-refractivity contribution in [1.29, 1.82) is 0 Å². The highest BCUT2D eigenvalue weighted by atomic mass is 15.2. The normalized spacial score (nSPS) is 97.2. The van der Waals surface area contributed by atoms with E-state index in [1.807, 2.05) is 0 Å². The third kappa shape index (κ3) is 0.154. The van der Waals surface area contributed by atoms with Gasteiger partial charge in [0.25, 0.3) is 0 Å². The van der Waals surface area contributed by atoms with Gasteiger partial charge in [0.1, 0.15) is 0 Å². The molecule has 62 valence electrons. The number of hydrogen-bond donors (Lipinski definition) is 1. The van der Waals surface area contributed by atoms with Crippen LogP contribution in [0.5, 0.6) is 0 Å². The van der Waals surface area contributed by atoms with Crippen molar-refractivity contribution in [3.63, 3.8) is 0 Å². The monoisotopic (exact) mass is 159 g/mol. The first-order chi connectivity index (χ1) is 5.91. The zero-order chi connectivity index (χ0) is 7.46. The fraction of sp³-hybridized carbons (Fsp3) is 1.00. The zero-order valence-corrected chi connectivity index (χ0v) is 7.25. The first-order valence-electron chi connectivity index (χ1n) is 5.56. The molecule has 0 heterocycles. The average molecular weight is 159 g/mol. The van der Waals surface area contributed by atoms with E-state index in [0.29, 0.717) is 0 Å². The summed E-state index contributed by atoms with van der Waals surface area (Å²) in [5.74, 6) is 8.91. The van der Waals surface area contributed by atoms with Crippen LogP contribution in [0.1, 0.15) is 0 Å². The van der Waals surface area contributed by atoms with Crippen LogP contribution in [0.15, 0.2) is 0 Å². The van der Waals surface area contributed by atoms with E-state index in [-0.39, 0.29) is 0 Å². The number of rotatable bonds is 2. The van der Waals surface area contributed by atoms with Crippen molar-refractivity contribution in [1.82, 2.24) is 5.32 Å². The molecule has 0 amide bonds. The fourth-order valence-corrected chi connectivity index (χ4v) is 7.97. The molecule has 1 spiro atoms. The van der Waals surface area contributed by atoms with Crippen LogP contribution in [0, 0.1) is 52.3 Å². The molecule has 0 aromatic heterocycles. The van der Waals surface area contributed by atoms with Crippen LogP contribution in [0.4, 0.5) is 0 Å². The van der Waals surface area contributed by atoms with Gasteiger partial charge in [-0.25, -0.2) is 0 Å². The average Bonchev–Trinajstić information content (AvgIpc) is 2.34. The van der Waals surface area contributed by atoms with Crippen LogP contribution < -0.4 is 5.32 Å². The molecule has 0 aromatic rings. The van der Waals surface area contributed by atoms with E-state index in [2.05, 4.69) is 12.4 Å². The molecule has 12 heavy (non-hydrogen) atoms. The Morgan fingerprint density at radius 2 is 2.00 bits per heavy atom. The lowest BCUT2D eigenvalue weighted by Gasteiger charge is -2.70. The third-order valence-electron chi connectivity index (χ3n) is 7.20. The largest absolute Gasteiger partial charge is 0.319 e. The summed E-state index contributed by atoms with van der Waals surface area (Å²) in [5.41, 5.74) is 1.96. The predicted octanol–water partition coefficient (Wildman–Crippen LogP) is 0.574. The summed E-state index contributed by atoms with van der Waals surface area (Å²) in [7, 11) is 2.15. The van der Waals surface area contributed by atoms with Crippen molar-refractivity contribution in [2.24, 2.45) is 52.3 Å². The molecule has 5 aliphatic carbocycles. The standard InChI is InChI=1S/C11H13N/c1-12-2-10-5-4-3-6(5)11(8(4)10)7(3)9(10)11/h3-9,12H,2H2,1H3. The van der Waals surface area contributed by atoms with E-state index in [1.165, 1.54) is 48.0 Å². The summed E-state index contributed by atoms with van der Waals surface area (Å²) in [6, 6.07) is 0. The van der Waals surface area contributed by atoms with Crippen LogP contribution in [0.25, 0.3) is 0 Å². The maximum atomic E-state index is 3.46. The Balaban J connectivity index is 1.67. The van der Waals surface area contributed by atoms with Crippen LogP contribution >= 0.6 is 0 Å². The second kappa shape index (κ2) is 0.890. The van der Waals surface area contributed by atoms with E-state index >= 15 is 0 Å². The number of hydrogen-bond acceptors (Lipinski definition) is 1. The second-order valence-electron chi connectivity index (χ2n) is 6.33. The van der Waals surface area contributed by atoms with Crippen molar-refractivity contribution in [3.8, 4) is 0 Å². The van der Waals surface area contributed by atoms with Crippen molar-refractivity contribution < 1.29 is 0 Å². The summed E-state index contributed by atoms with van der Waals surface area (Å²) in [5, 5.41) is 3.46. The predicted molar refractivity (Wildman–Crippen MR) is 43.2 cm³/mol. The van der Waals surface area contributed by atoms with Gasteiger partial charge < -0.3 is 5.32 Å². The summed E-state index contributed by atoms with van der Waals surface area (Å²) < 4.78 is 0. The third-order valence-corrected chi connectivity index (χ3v) is 7.20. The minimum Gasteiger partial charge on any atom is -0.319 e. The molecule has 5 saturated carbocycles. The van der Waals surface area contributed by atoms with Crippen molar-refractivity contribution in [2.45, 2.75) is 0 Å². The Hall–Kier alpha value is -0.0400. The van der Waals surface area contributed by atoms with Crippen LogP contribution in [-0.2, 0) is 0 Å². The molecule has 0 aromatic carbocycles. The van der Waals surface area contributed by atoms with E-state index in [1.54, 1.807) is 0 Å². The SMILES string of the molecule is CNCC12C3C4C5C3C3(C5C13)C42. The topological polar surface area (TPSA) is 12.0 Å². The van der Waals surface area contributed by atoms with E-state index in [4.69, 9.17) is 0 Å². The molecule has 1 N–H and O–H groups in total. The lowest BCUT2D eigenvalue weighted by Crippen LogP contribution is -2.70. The van der Waals surface area contributed by atoms with E-state index < -0.39 is 0 Å². The smallest absolute Gasteiger partial charge is 0.00136 e. The Morgan fingerprint density at radius 1 is 1.08 bits per heavy atom. The maximum Gasteiger partial charge on any atom is 0.00136 e. The second-order valence-corrected chi connectivity index (χ2v) is 6.33. The highest BCUT2D eigenvalue weighted by Gasteiger charge is 3.16. The summed E-state index contributed by atoms with van der Waals surface area (Å²) in [6.45, 7) is 1.37. The Labute approximate surface area is 71.9 Å². The van der Waals surface area contributed by atoms with Gasteiger partial charge in [0.2, 0.25) is 0 Å². The molecule has 0 aliphatic heterocycles. The fourth-order valence-electron chi connectivity index (χ4n) is 7.97. The van der Waals surface area contributed by atoms with Gasteiger partial charge in [0.15, 0.2) is 0 Å². The highest BCUT2D eigenvalue weighted by Crippen LogP contribution is 3.18. The van der Waals surface area contributed by atoms with Gasteiger partial charge in [-0.3, -0.25) is 0 Å². The molecule has 9 atom stereocenters. The molecule has 5 rings (SSSR count). The molecular formula is C11H13N. The highest BCUT2D eigenvalue weighted by molar-refractivity contribution is 5.62. The van der Waals surface area contributed by atoms with Gasteiger partial charge >= 0.3 is 0 Å². The van der Waals surface area contributed by atoms with Crippen LogP contribution in [0.2, 0.25) is 0 Å². The summed E-state index contributed by atoms with van der Waals surface area (Å²) in [6.07, 6.45) is 0. The van der Waals surface area contributed by atoms with Gasteiger partial charge in [-0.05, 0) is 59.3 Å². The zero-order valence-electron chi connectivity index (χ0n) is 7.25. The first kappa shape index (κ1) is 4.99. The molecule has 5 fully saturated rings. The molecule has 1 heteroatoms. The Morgan fingerprint density at radius 3 is 2.42 bits per heavy atom. The van der Waals surface area contributed by atoms with Gasteiger partial charge in [-0.1, -0.05) is 0 Å². The molecule has 0 saturated heterocycles. The van der Waals surface area contributed by atoms with Gasteiger partial charge in [-0.2, -0.15) is 0 Å². The van der Waals surface area contributed by atoms with Crippen LogP contribution in [-0.4, -0.2) is 13.6 Å². The summed E-state index contributed by atoms with van der Waals surface area (Å²) in [4.78, 5) is 0. The van der Waals surface area contributed by atoms with Gasteiger partial charge in [-0.15, -0.1) is 0 Å². The van der Waals surface area contributed by atoms with E-state index in [0.717, 1.165) is 10.8 Å². The molecule has 9 unspecified atom stereocenters. The lowest BCUT2D eigenvalue weighted by molar-refractivity contribution is -0.234. The minimum absolute atomic E-state index is 0.906. The minimum atomic E-state index is 0.906. The summed E-state index contributed by atoms with van der Waals surface area (Å²) >= 11 is 0. The molecule has 1 nitrogen and oxygen atoms in total. The van der Waals surface area contributed by atoms with Crippen LogP contribution in [0.3, 0.4) is 0 Å². The Kier molecular flexibility index (Phi) is 0.370. The van der Waals surface area contributed by atoms with Gasteiger partial charge in [0, 0.05) is 6.54 Å².